The molecule has 0 saturated heterocycles. The van der Waals surface area contributed by atoms with Crippen molar-refractivity contribution in [3.63, 3.8) is 0 Å². The maximum atomic E-state index is 13.0. The van der Waals surface area contributed by atoms with Gasteiger partial charge in [0.2, 0.25) is 0 Å². The lowest BCUT2D eigenvalue weighted by atomic mass is 10.2. The maximum Gasteiger partial charge on any atom is 0.492 e. The Labute approximate surface area is 154 Å². The number of rotatable bonds is 6. The summed E-state index contributed by atoms with van der Waals surface area (Å²) in [6, 6.07) is 10.1. The minimum Gasteiger partial charge on any atom is -0.408 e. The molecule has 1 atom stereocenters. The van der Waals surface area contributed by atoms with Crippen molar-refractivity contribution in [3.8, 4) is 11.5 Å². The van der Waals surface area contributed by atoms with E-state index in [0.717, 1.165) is 16.9 Å². The van der Waals surface area contributed by atoms with Gasteiger partial charge in [0, 0.05) is 11.8 Å². The summed E-state index contributed by atoms with van der Waals surface area (Å²) in [6.45, 7) is 0.302. The Hall–Kier alpha value is -0.510. The molecular formula is C15H14Cl3O3PS. The van der Waals surface area contributed by atoms with Gasteiger partial charge >= 0.3 is 6.80 Å². The third kappa shape index (κ3) is 5.23. The van der Waals surface area contributed by atoms with Crippen molar-refractivity contribution in [2.45, 2.75) is 13.8 Å². The minimum atomic E-state index is -3.51. The molecule has 0 aliphatic rings. The van der Waals surface area contributed by atoms with Gasteiger partial charge in [0.05, 0.1) is 15.1 Å². The number of aryl methyl sites for hydroxylation is 1. The molecule has 2 aromatic carbocycles. The Bertz CT molecular complexity index is 737. The molecule has 0 bridgehead atoms. The fourth-order valence-electron chi connectivity index (χ4n) is 1.65. The lowest BCUT2D eigenvalue weighted by molar-refractivity contribution is 0.408. The highest BCUT2D eigenvalue weighted by atomic mass is 35.5. The highest BCUT2D eigenvalue weighted by Crippen LogP contribution is 2.60. The van der Waals surface area contributed by atoms with Gasteiger partial charge < -0.3 is 9.05 Å². The molecule has 2 aromatic rings. The predicted octanol–water partition coefficient (Wildman–Crippen LogP) is 7.27. The van der Waals surface area contributed by atoms with E-state index >= 15 is 0 Å². The molecule has 0 aliphatic carbocycles. The molecule has 8 heteroatoms. The normalized spacial score (nSPS) is 13.4. The third-order valence-electron chi connectivity index (χ3n) is 2.71. The Morgan fingerprint density at radius 2 is 1.61 bits per heavy atom. The Balaban J connectivity index is 2.28. The fraction of sp³-hybridized carbons (Fsp3) is 0.200. The highest BCUT2D eigenvalue weighted by molar-refractivity contribution is 8.55. The SMILES string of the molecule is CCSP(=O)(Oc1ccc(C)cc1)Oc1cc(Cl)c(Cl)cc1Cl. The smallest absolute Gasteiger partial charge is 0.408 e. The van der Waals surface area contributed by atoms with Gasteiger partial charge in [-0.25, -0.2) is 4.57 Å². The number of hydrogen-bond acceptors (Lipinski definition) is 4. The van der Waals surface area contributed by atoms with E-state index in [4.69, 9.17) is 43.9 Å². The summed E-state index contributed by atoms with van der Waals surface area (Å²) in [4.78, 5) is 0. The molecule has 0 N–H and O–H groups in total. The standard InChI is InChI=1S/C15H14Cl3O3PS/c1-3-23-22(19,20-11-6-4-10(2)5-7-11)21-15-9-13(17)12(16)8-14(15)18/h4-9H,3H2,1-2H3. The molecule has 2 rings (SSSR count). The van der Waals surface area contributed by atoms with Crippen LogP contribution in [0.15, 0.2) is 36.4 Å². The summed E-state index contributed by atoms with van der Waals surface area (Å²) >= 11 is 19.0. The van der Waals surface area contributed by atoms with Crippen LogP contribution in [-0.2, 0) is 4.57 Å². The van der Waals surface area contributed by atoms with E-state index in [0.29, 0.717) is 16.5 Å². The number of hydrogen-bond donors (Lipinski definition) is 0. The average Bonchev–Trinajstić information content (AvgIpc) is 2.47. The Morgan fingerprint density at radius 1 is 1.00 bits per heavy atom. The van der Waals surface area contributed by atoms with E-state index in [-0.39, 0.29) is 15.8 Å². The highest BCUT2D eigenvalue weighted by Gasteiger charge is 2.30. The molecule has 3 nitrogen and oxygen atoms in total. The summed E-state index contributed by atoms with van der Waals surface area (Å²) in [5.41, 5.74) is 1.07. The molecule has 0 amide bonds. The first-order chi connectivity index (χ1) is 10.8. The molecule has 0 saturated carbocycles. The van der Waals surface area contributed by atoms with Crippen LogP contribution in [0, 0.1) is 6.92 Å². The van der Waals surface area contributed by atoms with E-state index in [1.807, 2.05) is 26.0 Å². The third-order valence-corrected chi connectivity index (χ3v) is 7.33. The topological polar surface area (TPSA) is 35.5 Å². The monoisotopic (exact) mass is 410 g/mol. The van der Waals surface area contributed by atoms with Crippen molar-refractivity contribution in [3.05, 3.63) is 57.0 Å². The van der Waals surface area contributed by atoms with Crippen molar-refractivity contribution in [2.24, 2.45) is 0 Å². The molecule has 0 heterocycles. The van der Waals surface area contributed by atoms with E-state index in [9.17, 15) is 4.57 Å². The summed E-state index contributed by atoms with van der Waals surface area (Å²) in [7, 11) is 0. The van der Waals surface area contributed by atoms with Gasteiger partial charge in [-0.2, -0.15) is 0 Å². The zero-order valence-electron chi connectivity index (χ0n) is 12.4. The van der Waals surface area contributed by atoms with Crippen molar-refractivity contribution in [2.75, 3.05) is 5.75 Å². The lowest BCUT2D eigenvalue weighted by Gasteiger charge is -2.19. The first kappa shape index (κ1) is 18.8. The fourth-order valence-corrected chi connectivity index (χ4v) is 5.28. The van der Waals surface area contributed by atoms with Crippen LogP contribution >= 0.6 is 53.0 Å². The van der Waals surface area contributed by atoms with Gasteiger partial charge in [-0.15, -0.1) is 0 Å². The van der Waals surface area contributed by atoms with Gasteiger partial charge in [0.25, 0.3) is 0 Å². The van der Waals surface area contributed by atoms with Crippen molar-refractivity contribution in [1.82, 2.24) is 0 Å². The second kappa shape index (κ2) is 8.04. The largest absolute Gasteiger partial charge is 0.492 e. The number of halogens is 3. The van der Waals surface area contributed by atoms with Gasteiger partial charge in [0.15, 0.2) is 5.75 Å². The zero-order valence-corrected chi connectivity index (χ0v) is 16.4. The second-order valence-electron chi connectivity index (χ2n) is 4.56. The van der Waals surface area contributed by atoms with Gasteiger partial charge in [-0.1, -0.05) is 59.4 Å². The van der Waals surface area contributed by atoms with Crippen LogP contribution in [0.2, 0.25) is 15.1 Å². The van der Waals surface area contributed by atoms with Crippen LogP contribution in [0.3, 0.4) is 0 Å². The van der Waals surface area contributed by atoms with Gasteiger partial charge in [0.1, 0.15) is 5.75 Å². The summed E-state index contributed by atoms with van der Waals surface area (Å²) < 4.78 is 24.1. The van der Waals surface area contributed by atoms with Crippen molar-refractivity contribution in [1.29, 1.82) is 0 Å². The molecule has 0 radical (unpaired) electrons. The van der Waals surface area contributed by atoms with Crippen LogP contribution in [-0.4, -0.2) is 5.75 Å². The summed E-state index contributed by atoms with van der Waals surface area (Å²) in [5.74, 6) is 1.16. The number of benzene rings is 2. The molecule has 0 aliphatic heterocycles. The lowest BCUT2D eigenvalue weighted by Crippen LogP contribution is -1.99. The van der Waals surface area contributed by atoms with Crippen LogP contribution in [0.1, 0.15) is 12.5 Å². The van der Waals surface area contributed by atoms with Crippen molar-refractivity contribution < 1.29 is 13.6 Å². The molecule has 1 unspecified atom stereocenters. The molecule has 0 fully saturated rings. The van der Waals surface area contributed by atoms with Gasteiger partial charge in [-0.3, -0.25) is 0 Å². The molecular weight excluding hydrogens is 398 g/mol. The van der Waals surface area contributed by atoms with E-state index < -0.39 is 6.80 Å². The average molecular weight is 412 g/mol. The van der Waals surface area contributed by atoms with Gasteiger partial charge in [-0.05, 0) is 36.5 Å². The van der Waals surface area contributed by atoms with Crippen LogP contribution < -0.4 is 9.05 Å². The van der Waals surface area contributed by atoms with E-state index in [1.165, 1.54) is 12.1 Å². The van der Waals surface area contributed by atoms with E-state index in [1.54, 1.807) is 12.1 Å². The second-order valence-corrected chi connectivity index (χ2v) is 9.99. The summed E-state index contributed by atoms with van der Waals surface area (Å²) in [6.07, 6.45) is 0. The predicted molar refractivity (Wildman–Crippen MR) is 99.6 cm³/mol. The van der Waals surface area contributed by atoms with Crippen LogP contribution in [0.5, 0.6) is 11.5 Å². The van der Waals surface area contributed by atoms with Crippen LogP contribution in [0.4, 0.5) is 0 Å². The Morgan fingerprint density at radius 3 is 2.22 bits per heavy atom. The molecule has 124 valence electrons. The van der Waals surface area contributed by atoms with Crippen molar-refractivity contribution >= 4 is 53.0 Å². The maximum absolute atomic E-state index is 13.0. The molecule has 23 heavy (non-hydrogen) atoms. The van der Waals surface area contributed by atoms with Crippen LogP contribution in [0.25, 0.3) is 0 Å². The summed E-state index contributed by atoms with van der Waals surface area (Å²) in [5, 5.41) is 0.764. The minimum absolute atomic E-state index is 0.164. The van der Waals surface area contributed by atoms with E-state index in [2.05, 4.69) is 0 Å². The molecule has 0 spiro atoms. The molecule has 0 aromatic heterocycles. The Kier molecular flexibility index (Phi) is 6.58. The first-order valence-corrected chi connectivity index (χ1v) is 10.9. The first-order valence-electron chi connectivity index (χ1n) is 6.68. The zero-order chi connectivity index (χ0) is 17.0. The quantitative estimate of drug-likeness (QED) is 0.370.